The Morgan fingerprint density at radius 1 is 0.608 bits per heavy atom. The van der Waals surface area contributed by atoms with Crippen molar-refractivity contribution >= 4 is 19.7 Å². The second-order valence-electron chi connectivity index (χ2n) is 13.3. The first-order valence-electron chi connectivity index (χ1n) is 20.1. The first kappa shape index (κ1) is 49.0. The van der Waals surface area contributed by atoms with E-state index in [4.69, 9.17) is 13.8 Å². The molecule has 0 saturated heterocycles. The molecule has 0 rings (SSSR count). The van der Waals surface area contributed by atoms with E-state index in [9.17, 15) is 24.2 Å². The number of esters is 1. The first-order valence-corrected chi connectivity index (χ1v) is 21.6. The SMILES string of the molecule is CCCCC/C=C\C/C=C\C/C=C\C/C=C\CCCC(=O)OCC(O)COP(=O)(O)OCCNC(=O)CCCCCCCCCCCCCCC. The molecule has 3 N–H and O–H groups in total. The second kappa shape index (κ2) is 37.7. The number of phosphoric acid groups is 1. The Balaban J connectivity index is 3.70. The molecule has 2 unspecified atom stereocenters. The number of rotatable bonds is 37. The van der Waals surface area contributed by atoms with Crippen LogP contribution in [0.4, 0.5) is 0 Å². The Labute approximate surface area is 311 Å². The minimum Gasteiger partial charge on any atom is -0.463 e. The highest BCUT2D eigenvalue weighted by Gasteiger charge is 2.23. The monoisotopic (exact) mass is 740 g/mol. The summed E-state index contributed by atoms with van der Waals surface area (Å²) in [5.74, 6) is -0.574. The zero-order chi connectivity index (χ0) is 37.5. The largest absolute Gasteiger partial charge is 0.472 e. The van der Waals surface area contributed by atoms with E-state index in [0.717, 1.165) is 44.9 Å². The number of nitrogens with one attached hydrogen (secondary N) is 1. The summed E-state index contributed by atoms with van der Waals surface area (Å²) in [7, 11) is -4.42. The summed E-state index contributed by atoms with van der Waals surface area (Å²) in [5, 5.41) is 12.6. The molecule has 0 fully saturated rings. The Hall–Kier alpha value is -2.03. The molecule has 0 aliphatic carbocycles. The molecule has 10 heteroatoms. The highest BCUT2D eigenvalue weighted by Crippen LogP contribution is 2.42. The summed E-state index contributed by atoms with van der Waals surface area (Å²) in [5.41, 5.74) is 0. The first-order chi connectivity index (χ1) is 24.8. The zero-order valence-electron chi connectivity index (χ0n) is 32.3. The van der Waals surface area contributed by atoms with Crippen molar-refractivity contribution < 1.29 is 37.9 Å². The van der Waals surface area contributed by atoms with Crippen LogP contribution in [0.25, 0.3) is 0 Å². The molecule has 1 amide bonds. The molecule has 0 aromatic carbocycles. The fourth-order valence-electron chi connectivity index (χ4n) is 5.20. The highest BCUT2D eigenvalue weighted by atomic mass is 31.2. The Kier molecular flexibility index (Phi) is 36.2. The number of unbranched alkanes of at least 4 members (excludes halogenated alkanes) is 16. The fraction of sp³-hybridized carbons (Fsp3) is 0.756. The predicted molar refractivity (Wildman–Crippen MR) is 210 cm³/mol. The zero-order valence-corrected chi connectivity index (χ0v) is 33.2. The maximum Gasteiger partial charge on any atom is 0.472 e. The molecule has 0 radical (unpaired) electrons. The molecule has 296 valence electrons. The molecule has 51 heavy (non-hydrogen) atoms. The van der Waals surface area contributed by atoms with E-state index in [2.05, 4.69) is 61.7 Å². The Morgan fingerprint density at radius 2 is 1.08 bits per heavy atom. The van der Waals surface area contributed by atoms with Crippen LogP contribution in [-0.2, 0) is 27.9 Å². The van der Waals surface area contributed by atoms with Crippen LogP contribution in [0.15, 0.2) is 48.6 Å². The van der Waals surface area contributed by atoms with Gasteiger partial charge in [-0.15, -0.1) is 0 Å². The topological polar surface area (TPSA) is 131 Å². The van der Waals surface area contributed by atoms with E-state index in [1.807, 2.05) is 6.08 Å². The van der Waals surface area contributed by atoms with Crippen molar-refractivity contribution in [2.24, 2.45) is 0 Å². The van der Waals surface area contributed by atoms with Gasteiger partial charge in [-0.2, -0.15) is 0 Å². The molecule has 9 nitrogen and oxygen atoms in total. The van der Waals surface area contributed by atoms with Gasteiger partial charge in [0.2, 0.25) is 5.91 Å². The van der Waals surface area contributed by atoms with Crippen molar-refractivity contribution in [2.45, 2.75) is 174 Å². The molecule has 0 bridgehead atoms. The number of aliphatic hydroxyl groups excluding tert-OH is 1. The molecule has 0 aliphatic heterocycles. The number of carbonyl (C=O) groups excluding carboxylic acids is 2. The maximum absolute atomic E-state index is 12.1. The van der Waals surface area contributed by atoms with Crippen LogP contribution in [0.1, 0.15) is 168 Å². The molecule has 0 spiro atoms. The average molecular weight is 740 g/mol. The normalized spacial score (nSPS) is 13.9. The lowest BCUT2D eigenvalue weighted by Gasteiger charge is -2.15. The summed E-state index contributed by atoms with van der Waals surface area (Å²) in [6.45, 7) is 3.45. The number of aliphatic hydroxyl groups is 1. The van der Waals surface area contributed by atoms with Gasteiger partial charge in [0.15, 0.2) is 0 Å². The van der Waals surface area contributed by atoms with Gasteiger partial charge in [0, 0.05) is 19.4 Å². The van der Waals surface area contributed by atoms with Crippen LogP contribution in [0.5, 0.6) is 0 Å². The van der Waals surface area contributed by atoms with Crippen LogP contribution < -0.4 is 5.32 Å². The minimum absolute atomic E-state index is 0.0758. The van der Waals surface area contributed by atoms with Crippen molar-refractivity contribution in [3.05, 3.63) is 48.6 Å². The predicted octanol–water partition coefficient (Wildman–Crippen LogP) is 10.8. The van der Waals surface area contributed by atoms with E-state index in [1.54, 1.807) is 0 Å². The van der Waals surface area contributed by atoms with E-state index in [-0.39, 0.29) is 32.1 Å². The summed E-state index contributed by atoms with van der Waals surface area (Å²) in [4.78, 5) is 33.8. The van der Waals surface area contributed by atoms with Gasteiger partial charge in [0.05, 0.1) is 13.2 Å². The standard InChI is InChI=1S/C41H74NO8P/c1-3-5-7-9-11-13-15-17-18-19-20-22-24-26-28-30-32-34-41(45)48-37-39(43)38-50-51(46,47)49-36-35-42-40(44)33-31-29-27-25-23-21-16-14-12-10-8-6-4-2/h11,13,17-18,20,22,26,28,39,43H,3-10,12,14-16,19,21,23-25,27,29-38H2,1-2H3,(H,42,44)(H,46,47)/b13-11-,18-17-,22-20-,28-26-. The van der Waals surface area contributed by atoms with Gasteiger partial charge in [0.25, 0.3) is 0 Å². The van der Waals surface area contributed by atoms with Gasteiger partial charge in [-0.05, 0) is 51.4 Å². The van der Waals surface area contributed by atoms with Gasteiger partial charge in [-0.3, -0.25) is 18.6 Å². The third-order valence-electron chi connectivity index (χ3n) is 8.26. The van der Waals surface area contributed by atoms with Gasteiger partial charge < -0.3 is 20.1 Å². The van der Waals surface area contributed by atoms with Crippen molar-refractivity contribution in [3.8, 4) is 0 Å². The summed E-state index contributed by atoms with van der Waals surface area (Å²) < 4.78 is 26.7. The van der Waals surface area contributed by atoms with Crippen molar-refractivity contribution in [1.82, 2.24) is 5.32 Å². The van der Waals surface area contributed by atoms with Crippen molar-refractivity contribution in [3.63, 3.8) is 0 Å². The molecule has 0 heterocycles. The number of amides is 1. The molecule has 0 aliphatic rings. The number of carbonyl (C=O) groups is 2. The number of phosphoric ester groups is 1. The summed E-state index contributed by atoms with van der Waals surface area (Å²) in [6, 6.07) is 0. The number of hydrogen-bond donors (Lipinski definition) is 3. The summed E-state index contributed by atoms with van der Waals surface area (Å²) >= 11 is 0. The molecule has 0 aromatic heterocycles. The van der Waals surface area contributed by atoms with Crippen molar-refractivity contribution in [2.75, 3.05) is 26.4 Å². The molecule has 0 saturated carbocycles. The second-order valence-corrected chi connectivity index (χ2v) is 14.7. The maximum atomic E-state index is 12.1. The third-order valence-corrected chi connectivity index (χ3v) is 9.25. The van der Waals surface area contributed by atoms with E-state index < -0.39 is 26.5 Å². The molecule has 0 aromatic rings. The van der Waals surface area contributed by atoms with Crippen LogP contribution in [-0.4, -0.2) is 54.3 Å². The third kappa shape index (κ3) is 39.0. The van der Waals surface area contributed by atoms with Gasteiger partial charge in [0.1, 0.15) is 12.7 Å². The quantitative estimate of drug-likeness (QED) is 0.0248. The number of hydrogen-bond acceptors (Lipinski definition) is 7. The molecular weight excluding hydrogens is 665 g/mol. The van der Waals surface area contributed by atoms with E-state index in [0.29, 0.717) is 12.8 Å². The van der Waals surface area contributed by atoms with Gasteiger partial charge in [-0.1, -0.05) is 152 Å². The van der Waals surface area contributed by atoms with Crippen LogP contribution in [0.2, 0.25) is 0 Å². The lowest BCUT2D eigenvalue weighted by atomic mass is 10.0. The van der Waals surface area contributed by atoms with Crippen LogP contribution in [0, 0.1) is 0 Å². The lowest BCUT2D eigenvalue weighted by Crippen LogP contribution is -2.27. The summed E-state index contributed by atoms with van der Waals surface area (Å²) in [6.07, 6.45) is 41.8. The van der Waals surface area contributed by atoms with Gasteiger partial charge >= 0.3 is 13.8 Å². The number of allylic oxidation sites excluding steroid dienone is 8. The Bertz CT molecular complexity index is 981. The Morgan fingerprint density at radius 3 is 1.63 bits per heavy atom. The van der Waals surface area contributed by atoms with E-state index >= 15 is 0 Å². The van der Waals surface area contributed by atoms with E-state index in [1.165, 1.54) is 89.9 Å². The van der Waals surface area contributed by atoms with Gasteiger partial charge in [-0.25, -0.2) is 4.57 Å². The average Bonchev–Trinajstić information content (AvgIpc) is 3.11. The number of ether oxygens (including phenoxy) is 1. The molecule has 2 atom stereocenters. The fourth-order valence-corrected chi connectivity index (χ4v) is 5.95. The van der Waals surface area contributed by atoms with Crippen LogP contribution in [0.3, 0.4) is 0 Å². The minimum atomic E-state index is -4.42. The van der Waals surface area contributed by atoms with Crippen LogP contribution >= 0.6 is 7.82 Å². The van der Waals surface area contributed by atoms with Crippen molar-refractivity contribution in [1.29, 1.82) is 0 Å². The molecular formula is C41H74NO8P. The lowest BCUT2D eigenvalue weighted by molar-refractivity contribution is -0.147. The highest BCUT2D eigenvalue weighted by molar-refractivity contribution is 7.47. The smallest absolute Gasteiger partial charge is 0.463 e.